The lowest BCUT2D eigenvalue weighted by atomic mass is 9.99. The van der Waals surface area contributed by atoms with E-state index in [1.54, 1.807) is 0 Å². The van der Waals surface area contributed by atoms with Crippen molar-refractivity contribution in [3.63, 3.8) is 0 Å². The topological polar surface area (TPSA) is 58.5 Å². The summed E-state index contributed by atoms with van der Waals surface area (Å²) in [6.45, 7) is 5.37. The molecule has 0 spiro atoms. The van der Waals surface area contributed by atoms with Crippen molar-refractivity contribution in [2.75, 3.05) is 39.1 Å². The van der Waals surface area contributed by atoms with Crippen molar-refractivity contribution >= 4 is 29.1 Å². The fraction of sp³-hybridized carbons (Fsp3) is 0.750. The quantitative estimate of drug-likeness (QED) is 0.534. The predicted octanol–water partition coefficient (Wildman–Crippen LogP) is 3.17. The van der Waals surface area contributed by atoms with Crippen LogP contribution in [0, 0.1) is 0 Å². The molecule has 1 aromatic heterocycles. The molecule has 148 valence electrons. The number of halogens is 3. The third-order valence-corrected chi connectivity index (χ3v) is 6.49. The van der Waals surface area contributed by atoms with Crippen LogP contribution in [-0.4, -0.2) is 54.8 Å². The van der Waals surface area contributed by atoms with E-state index in [9.17, 15) is 13.2 Å². The molecule has 1 aliphatic heterocycles. The van der Waals surface area contributed by atoms with Gasteiger partial charge in [0.2, 0.25) is 0 Å². The Morgan fingerprint density at radius 3 is 2.69 bits per heavy atom. The zero-order valence-electron chi connectivity index (χ0n) is 15.0. The standard InChI is InChI=1S/C16H25F3N4OS2/c1-3-20-14(22-11-15(25-2)5-8-24-9-6-15)21-7-4-13-23-12(10-26-13)16(17,18)19/h10H,3-9,11H2,1-2H3,(H2,20,21,22). The molecule has 0 saturated carbocycles. The summed E-state index contributed by atoms with van der Waals surface area (Å²) >= 11 is 2.85. The molecule has 1 fully saturated rings. The van der Waals surface area contributed by atoms with Crippen molar-refractivity contribution in [3.8, 4) is 0 Å². The largest absolute Gasteiger partial charge is 0.434 e. The highest BCUT2D eigenvalue weighted by molar-refractivity contribution is 8.00. The van der Waals surface area contributed by atoms with Crippen LogP contribution in [0.1, 0.15) is 30.5 Å². The molecule has 0 atom stereocenters. The molecular weight excluding hydrogens is 385 g/mol. The molecule has 5 nitrogen and oxygen atoms in total. The SMILES string of the molecule is CCNC(=NCC1(SC)CCOCC1)NCCc1nc(C(F)(F)F)cs1. The lowest BCUT2D eigenvalue weighted by Gasteiger charge is -2.34. The fourth-order valence-corrected chi connectivity index (χ4v) is 4.15. The van der Waals surface area contributed by atoms with Crippen LogP contribution in [0.4, 0.5) is 13.2 Å². The van der Waals surface area contributed by atoms with E-state index in [-0.39, 0.29) is 4.75 Å². The number of ether oxygens (including phenoxy) is 1. The molecule has 2 rings (SSSR count). The molecule has 10 heteroatoms. The number of hydrogen-bond acceptors (Lipinski definition) is 5. The van der Waals surface area contributed by atoms with Crippen LogP contribution in [-0.2, 0) is 17.3 Å². The number of rotatable bonds is 7. The third-order valence-electron chi connectivity index (χ3n) is 4.18. The molecule has 2 N–H and O–H groups in total. The van der Waals surface area contributed by atoms with Crippen LogP contribution in [0.25, 0.3) is 0 Å². The normalized spacial score (nSPS) is 18.0. The summed E-state index contributed by atoms with van der Waals surface area (Å²) in [5, 5.41) is 7.88. The summed E-state index contributed by atoms with van der Waals surface area (Å²) in [6.07, 6.45) is 0.0791. The van der Waals surface area contributed by atoms with Crippen LogP contribution in [0.2, 0.25) is 0 Å². The number of alkyl halides is 3. The number of nitrogens with one attached hydrogen (secondary N) is 2. The highest BCUT2D eigenvalue weighted by Crippen LogP contribution is 2.34. The maximum atomic E-state index is 12.6. The van der Waals surface area contributed by atoms with Gasteiger partial charge in [-0.1, -0.05) is 0 Å². The summed E-state index contributed by atoms with van der Waals surface area (Å²) in [4.78, 5) is 8.32. The van der Waals surface area contributed by atoms with Crippen LogP contribution in [0.3, 0.4) is 0 Å². The highest BCUT2D eigenvalue weighted by atomic mass is 32.2. The van der Waals surface area contributed by atoms with Gasteiger partial charge in [0, 0.05) is 42.9 Å². The van der Waals surface area contributed by atoms with E-state index < -0.39 is 11.9 Å². The van der Waals surface area contributed by atoms with Gasteiger partial charge in [0.05, 0.1) is 11.6 Å². The number of aromatic nitrogens is 1. The monoisotopic (exact) mass is 410 g/mol. The molecule has 1 aromatic rings. The second-order valence-corrected chi connectivity index (χ2v) is 8.21. The maximum absolute atomic E-state index is 12.6. The second kappa shape index (κ2) is 9.80. The van der Waals surface area contributed by atoms with Crippen LogP contribution >= 0.6 is 23.1 Å². The molecule has 2 heterocycles. The van der Waals surface area contributed by atoms with E-state index in [2.05, 4.69) is 26.9 Å². The van der Waals surface area contributed by atoms with Gasteiger partial charge in [0.15, 0.2) is 11.7 Å². The minimum Gasteiger partial charge on any atom is -0.381 e. The van der Waals surface area contributed by atoms with Crippen molar-refractivity contribution in [1.29, 1.82) is 0 Å². The molecule has 0 unspecified atom stereocenters. The molecule has 1 saturated heterocycles. The Hall–Kier alpha value is -1.00. The third kappa shape index (κ3) is 6.31. The second-order valence-electron chi connectivity index (χ2n) is 6.00. The summed E-state index contributed by atoms with van der Waals surface area (Å²) in [5.74, 6) is 0.681. The number of hydrogen-bond donors (Lipinski definition) is 2. The summed E-state index contributed by atoms with van der Waals surface area (Å²) in [6, 6.07) is 0. The van der Waals surface area contributed by atoms with Gasteiger partial charge in [-0.3, -0.25) is 4.99 Å². The predicted molar refractivity (Wildman–Crippen MR) is 101 cm³/mol. The van der Waals surface area contributed by atoms with E-state index in [4.69, 9.17) is 4.74 Å². The van der Waals surface area contributed by atoms with Crippen molar-refractivity contribution in [1.82, 2.24) is 15.6 Å². The van der Waals surface area contributed by atoms with Gasteiger partial charge >= 0.3 is 6.18 Å². The Morgan fingerprint density at radius 2 is 2.12 bits per heavy atom. The smallest absolute Gasteiger partial charge is 0.381 e. The van der Waals surface area contributed by atoms with E-state index in [1.165, 1.54) is 0 Å². The average molecular weight is 411 g/mol. The molecular formula is C16H25F3N4OS2. The first kappa shape index (κ1) is 21.3. The molecule has 0 bridgehead atoms. The zero-order valence-corrected chi connectivity index (χ0v) is 16.6. The summed E-state index contributed by atoms with van der Waals surface area (Å²) < 4.78 is 43.3. The van der Waals surface area contributed by atoms with Gasteiger partial charge in [-0.05, 0) is 26.0 Å². The van der Waals surface area contributed by atoms with Gasteiger partial charge in [0.25, 0.3) is 0 Å². The minimum atomic E-state index is -4.38. The Kier molecular flexibility index (Phi) is 8.03. The summed E-state index contributed by atoms with van der Waals surface area (Å²) in [5.41, 5.74) is -0.820. The lowest BCUT2D eigenvalue weighted by molar-refractivity contribution is -0.140. The highest BCUT2D eigenvalue weighted by Gasteiger charge is 2.33. The number of aliphatic imine (C=N–C) groups is 1. The first-order chi connectivity index (χ1) is 12.4. The Bertz CT molecular complexity index is 586. The Balaban J connectivity index is 1.88. The molecule has 0 aliphatic carbocycles. The molecule has 1 aliphatic rings. The van der Waals surface area contributed by atoms with E-state index in [1.807, 2.05) is 18.7 Å². The van der Waals surface area contributed by atoms with Gasteiger partial charge in [-0.25, -0.2) is 4.98 Å². The number of nitrogens with zero attached hydrogens (tertiary/aromatic N) is 2. The van der Waals surface area contributed by atoms with E-state index in [0.717, 1.165) is 49.3 Å². The van der Waals surface area contributed by atoms with Crippen molar-refractivity contribution in [2.45, 2.75) is 37.1 Å². The van der Waals surface area contributed by atoms with Crippen molar-refractivity contribution < 1.29 is 17.9 Å². The van der Waals surface area contributed by atoms with E-state index in [0.29, 0.717) is 30.5 Å². The minimum absolute atomic E-state index is 0.0948. The van der Waals surface area contributed by atoms with Crippen molar-refractivity contribution in [3.05, 3.63) is 16.1 Å². The molecule has 0 aromatic carbocycles. The van der Waals surface area contributed by atoms with Gasteiger partial charge < -0.3 is 15.4 Å². The molecule has 0 radical (unpaired) electrons. The van der Waals surface area contributed by atoms with E-state index >= 15 is 0 Å². The van der Waals surface area contributed by atoms with Gasteiger partial charge in [0.1, 0.15) is 0 Å². The van der Waals surface area contributed by atoms with Crippen LogP contribution in [0.15, 0.2) is 10.4 Å². The molecule has 0 amide bonds. The van der Waals surface area contributed by atoms with Crippen molar-refractivity contribution in [2.24, 2.45) is 4.99 Å². The lowest BCUT2D eigenvalue weighted by Crippen LogP contribution is -2.41. The maximum Gasteiger partial charge on any atom is 0.434 e. The number of thioether (sulfide) groups is 1. The number of thiazole rings is 1. The first-order valence-corrected chi connectivity index (χ1v) is 10.7. The first-order valence-electron chi connectivity index (χ1n) is 8.55. The zero-order chi connectivity index (χ0) is 19.0. The number of guanidine groups is 1. The fourth-order valence-electron chi connectivity index (χ4n) is 2.58. The van der Waals surface area contributed by atoms with Gasteiger partial charge in [-0.2, -0.15) is 24.9 Å². The summed E-state index contributed by atoms with van der Waals surface area (Å²) in [7, 11) is 0. The van der Waals surface area contributed by atoms with Gasteiger partial charge in [-0.15, -0.1) is 11.3 Å². The Labute approximate surface area is 160 Å². The molecule has 26 heavy (non-hydrogen) atoms. The van der Waals surface area contributed by atoms with Crippen LogP contribution in [0.5, 0.6) is 0 Å². The van der Waals surface area contributed by atoms with Crippen LogP contribution < -0.4 is 10.6 Å². The average Bonchev–Trinajstić information content (AvgIpc) is 3.10. The Morgan fingerprint density at radius 1 is 1.38 bits per heavy atom.